The second-order valence-corrected chi connectivity index (χ2v) is 4.51. The van der Waals surface area contributed by atoms with E-state index >= 15 is 0 Å². The van der Waals surface area contributed by atoms with Crippen LogP contribution >= 0.6 is 11.6 Å². The van der Waals surface area contributed by atoms with Gasteiger partial charge < -0.3 is 9.84 Å². The lowest BCUT2D eigenvalue weighted by Gasteiger charge is -2.12. The molecule has 1 unspecified atom stereocenters. The molecule has 0 heterocycles. The number of aliphatic carboxylic acids is 1. The topological polar surface area (TPSA) is 46.5 Å². The van der Waals surface area contributed by atoms with Gasteiger partial charge in [-0.15, -0.1) is 11.6 Å². The van der Waals surface area contributed by atoms with E-state index in [4.69, 9.17) is 21.4 Å². The first kappa shape index (κ1) is 13.4. The van der Waals surface area contributed by atoms with Crippen molar-refractivity contribution < 1.29 is 14.6 Å². The van der Waals surface area contributed by atoms with Gasteiger partial charge in [0.15, 0.2) is 5.38 Å². The fourth-order valence-corrected chi connectivity index (χ4v) is 1.75. The van der Waals surface area contributed by atoms with Crippen LogP contribution in [0.2, 0.25) is 0 Å². The number of benzene rings is 2. The van der Waals surface area contributed by atoms with Crippen LogP contribution in [0.3, 0.4) is 0 Å². The van der Waals surface area contributed by atoms with E-state index in [0.717, 1.165) is 11.1 Å². The molecule has 0 amide bonds. The smallest absolute Gasteiger partial charge is 0.325 e. The minimum Gasteiger partial charge on any atom is -0.491 e. The number of hydrogen-bond donors (Lipinski definition) is 1. The van der Waals surface area contributed by atoms with Crippen molar-refractivity contribution >= 4 is 17.6 Å². The highest BCUT2D eigenvalue weighted by Crippen LogP contribution is 2.29. The third kappa shape index (κ3) is 3.48. The molecule has 0 aliphatic rings. The van der Waals surface area contributed by atoms with E-state index in [1.807, 2.05) is 48.5 Å². The fourth-order valence-electron chi connectivity index (χ4n) is 1.68. The van der Waals surface area contributed by atoms with Crippen LogP contribution in [0.15, 0.2) is 54.6 Å². The fraction of sp³-hybridized carbons (Fsp3) is 0.133. The normalized spacial score (nSPS) is 11.8. The van der Waals surface area contributed by atoms with Crippen LogP contribution in [-0.4, -0.2) is 23.1 Å². The molecule has 3 nitrogen and oxygen atoms in total. The predicted molar refractivity (Wildman–Crippen MR) is 74.6 cm³/mol. The summed E-state index contributed by atoms with van der Waals surface area (Å²) in [7, 11) is 0. The maximum atomic E-state index is 10.7. The molecular formula is C15H13ClO3. The Balaban J connectivity index is 2.20. The molecule has 0 saturated carbocycles. The quantitative estimate of drug-likeness (QED) is 0.851. The van der Waals surface area contributed by atoms with Gasteiger partial charge in [-0.05, 0) is 11.6 Å². The minimum absolute atomic E-state index is 0.0687. The molecule has 4 heteroatoms. The van der Waals surface area contributed by atoms with E-state index in [1.165, 1.54) is 0 Å². The first-order chi connectivity index (χ1) is 9.18. The number of hydrogen-bond acceptors (Lipinski definition) is 2. The van der Waals surface area contributed by atoms with Crippen molar-refractivity contribution in [3.05, 3.63) is 54.6 Å². The van der Waals surface area contributed by atoms with Crippen LogP contribution in [-0.2, 0) is 4.79 Å². The molecule has 0 bridgehead atoms. The standard InChI is InChI=1S/C15H13ClO3/c16-13(15(17)18)10-19-14-9-5-4-8-12(14)11-6-2-1-3-7-11/h1-9,13H,10H2,(H,17,18). The molecule has 0 aromatic heterocycles. The zero-order chi connectivity index (χ0) is 13.7. The van der Waals surface area contributed by atoms with Crippen LogP contribution in [0.1, 0.15) is 0 Å². The van der Waals surface area contributed by atoms with E-state index in [1.54, 1.807) is 6.07 Å². The molecule has 0 saturated heterocycles. The summed E-state index contributed by atoms with van der Waals surface area (Å²) in [6.07, 6.45) is 0. The Hall–Kier alpha value is -2.00. The number of rotatable bonds is 5. The lowest BCUT2D eigenvalue weighted by Crippen LogP contribution is -2.21. The Kier molecular flexibility index (Phi) is 4.42. The van der Waals surface area contributed by atoms with Gasteiger partial charge in [-0.1, -0.05) is 48.5 Å². The Bertz CT molecular complexity index is 554. The maximum Gasteiger partial charge on any atom is 0.325 e. The average molecular weight is 277 g/mol. The van der Waals surface area contributed by atoms with Gasteiger partial charge in [0.1, 0.15) is 12.4 Å². The van der Waals surface area contributed by atoms with Crippen LogP contribution in [0.5, 0.6) is 5.75 Å². The maximum absolute atomic E-state index is 10.7. The zero-order valence-electron chi connectivity index (χ0n) is 10.1. The van der Waals surface area contributed by atoms with E-state index < -0.39 is 11.3 Å². The average Bonchev–Trinajstić information content (AvgIpc) is 2.46. The van der Waals surface area contributed by atoms with Crippen molar-refractivity contribution in [3.8, 4) is 16.9 Å². The molecule has 98 valence electrons. The Morgan fingerprint density at radius 2 is 1.74 bits per heavy atom. The van der Waals surface area contributed by atoms with Gasteiger partial charge in [0, 0.05) is 5.56 Å². The number of alkyl halides is 1. The van der Waals surface area contributed by atoms with Crippen LogP contribution in [0.4, 0.5) is 0 Å². The summed E-state index contributed by atoms with van der Waals surface area (Å²) in [6, 6.07) is 17.2. The molecule has 1 N–H and O–H groups in total. The molecule has 0 fully saturated rings. The van der Waals surface area contributed by atoms with E-state index in [9.17, 15) is 4.79 Å². The Morgan fingerprint density at radius 3 is 2.42 bits per heavy atom. The molecule has 2 rings (SSSR count). The minimum atomic E-state index is -1.08. The number of ether oxygens (including phenoxy) is 1. The van der Waals surface area contributed by atoms with E-state index in [0.29, 0.717) is 5.75 Å². The van der Waals surface area contributed by atoms with Crippen LogP contribution < -0.4 is 4.74 Å². The van der Waals surface area contributed by atoms with Crippen LogP contribution in [0.25, 0.3) is 11.1 Å². The van der Waals surface area contributed by atoms with E-state index in [2.05, 4.69) is 0 Å². The second-order valence-electron chi connectivity index (χ2n) is 3.98. The number of carboxylic acids is 1. The summed E-state index contributed by atoms with van der Waals surface area (Å²) in [6.45, 7) is -0.0687. The van der Waals surface area contributed by atoms with Gasteiger partial charge in [-0.25, -0.2) is 0 Å². The lowest BCUT2D eigenvalue weighted by molar-refractivity contribution is -0.137. The third-order valence-electron chi connectivity index (χ3n) is 2.62. The molecule has 2 aromatic rings. The summed E-state index contributed by atoms with van der Waals surface area (Å²) in [5, 5.41) is 7.68. The third-order valence-corrected chi connectivity index (χ3v) is 2.94. The SMILES string of the molecule is O=C(O)C(Cl)COc1ccccc1-c1ccccc1. The molecule has 0 aliphatic carbocycles. The van der Waals surface area contributed by atoms with Gasteiger partial charge in [-0.3, -0.25) is 4.79 Å². The molecule has 0 spiro atoms. The van der Waals surface area contributed by atoms with Gasteiger partial charge in [-0.2, -0.15) is 0 Å². The molecule has 0 aliphatic heterocycles. The van der Waals surface area contributed by atoms with Gasteiger partial charge in [0.05, 0.1) is 0 Å². The van der Waals surface area contributed by atoms with Crippen molar-refractivity contribution in [2.45, 2.75) is 5.38 Å². The summed E-state index contributed by atoms with van der Waals surface area (Å²) in [5.74, 6) is -0.459. The molecular weight excluding hydrogens is 264 g/mol. The number of para-hydroxylation sites is 1. The summed E-state index contributed by atoms with van der Waals surface area (Å²) < 4.78 is 5.50. The van der Waals surface area contributed by atoms with Crippen molar-refractivity contribution in [2.24, 2.45) is 0 Å². The Labute approximate surface area is 116 Å². The zero-order valence-corrected chi connectivity index (χ0v) is 10.9. The van der Waals surface area contributed by atoms with Crippen LogP contribution in [0, 0.1) is 0 Å². The first-order valence-electron chi connectivity index (χ1n) is 5.82. The van der Waals surface area contributed by atoms with Gasteiger partial charge >= 0.3 is 5.97 Å². The Morgan fingerprint density at radius 1 is 1.11 bits per heavy atom. The monoisotopic (exact) mass is 276 g/mol. The number of halogens is 1. The largest absolute Gasteiger partial charge is 0.491 e. The summed E-state index contributed by atoms with van der Waals surface area (Å²) in [5.41, 5.74) is 1.93. The van der Waals surface area contributed by atoms with E-state index in [-0.39, 0.29) is 6.61 Å². The lowest BCUT2D eigenvalue weighted by atomic mass is 10.1. The molecule has 1 atom stereocenters. The predicted octanol–water partition coefficient (Wildman–Crippen LogP) is 3.42. The van der Waals surface area contributed by atoms with Crippen molar-refractivity contribution in [1.82, 2.24) is 0 Å². The molecule has 19 heavy (non-hydrogen) atoms. The highest BCUT2D eigenvalue weighted by molar-refractivity contribution is 6.29. The highest BCUT2D eigenvalue weighted by Gasteiger charge is 2.15. The second kappa shape index (κ2) is 6.25. The first-order valence-corrected chi connectivity index (χ1v) is 6.26. The van der Waals surface area contributed by atoms with Crippen molar-refractivity contribution in [1.29, 1.82) is 0 Å². The van der Waals surface area contributed by atoms with Gasteiger partial charge in [0.25, 0.3) is 0 Å². The van der Waals surface area contributed by atoms with Gasteiger partial charge in [0.2, 0.25) is 0 Å². The van der Waals surface area contributed by atoms with Crippen molar-refractivity contribution in [3.63, 3.8) is 0 Å². The summed E-state index contributed by atoms with van der Waals surface area (Å²) >= 11 is 5.64. The molecule has 2 aromatic carbocycles. The summed E-state index contributed by atoms with van der Waals surface area (Å²) in [4.78, 5) is 10.7. The van der Waals surface area contributed by atoms with Crippen molar-refractivity contribution in [2.75, 3.05) is 6.61 Å². The number of carbonyl (C=O) groups is 1. The molecule has 0 radical (unpaired) electrons. The highest BCUT2D eigenvalue weighted by atomic mass is 35.5. The number of carboxylic acid groups (broad SMARTS) is 1.